The van der Waals surface area contributed by atoms with E-state index in [1.165, 1.54) is 11.3 Å². The van der Waals surface area contributed by atoms with Crippen molar-refractivity contribution >= 4 is 5.69 Å². The van der Waals surface area contributed by atoms with E-state index in [1.54, 1.807) is 0 Å². The first-order chi connectivity index (χ1) is 8.34. The molecule has 100 valence electrons. The van der Waals surface area contributed by atoms with Crippen LogP contribution in [0.15, 0.2) is 24.3 Å². The fourth-order valence-corrected chi connectivity index (χ4v) is 2.94. The Morgan fingerprint density at radius 1 is 1.22 bits per heavy atom. The van der Waals surface area contributed by atoms with Gasteiger partial charge in [-0.25, -0.2) is 0 Å². The van der Waals surface area contributed by atoms with E-state index in [4.69, 9.17) is 4.74 Å². The molecule has 2 nitrogen and oxygen atoms in total. The first kappa shape index (κ1) is 13.4. The van der Waals surface area contributed by atoms with E-state index in [0.717, 1.165) is 12.8 Å². The van der Waals surface area contributed by atoms with Crippen molar-refractivity contribution in [3.05, 3.63) is 29.8 Å². The van der Waals surface area contributed by atoms with Gasteiger partial charge in [-0.05, 0) is 52.2 Å². The van der Waals surface area contributed by atoms with E-state index in [2.05, 4.69) is 64.2 Å². The smallest absolute Gasteiger partial charge is 0.0834 e. The van der Waals surface area contributed by atoms with Gasteiger partial charge in [-0.15, -0.1) is 0 Å². The van der Waals surface area contributed by atoms with Crippen molar-refractivity contribution in [3.63, 3.8) is 0 Å². The van der Waals surface area contributed by atoms with Gasteiger partial charge >= 0.3 is 0 Å². The first-order valence-corrected chi connectivity index (χ1v) is 6.89. The number of anilines is 1. The third kappa shape index (κ3) is 2.69. The number of ether oxygens (including phenoxy) is 1. The topological polar surface area (TPSA) is 21.3 Å². The third-order valence-corrected chi connectivity index (χ3v) is 3.80. The molecule has 18 heavy (non-hydrogen) atoms. The summed E-state index contributed by atoms with van der Waals surface area (Å²) in [5.41, 5.74) is 2.46. The van der Waals surface area contributed by atoms with Gasteiger partial charge in [0.15, 0.2) is 0 Å². The number of benzene rings is 1. The third-order valence-electron chi connectivity index (χ3n) is 3.80. The van der Waals surface area contributed by atoms with Gasteiger partial charge in [-0.1, -0.05) is 25.1 Å². The summed E-state index contributed by atoms with van der Waals surface area (Å²) >= 11 is 0. The molecule has 0 saturated carbocycles. The molecule has 1 N–H and O–H groups in total. The fraction of sp³-hybridized carbons (Fsp3) is 0.625. The monoisotopic (exact) mass is 247 g/mol. The summed E-state index contributed by atoms with van der Waals surface area (Å²) in [4.78, 5) is 0. The summed E-state index contributed by atoms with van der Waals surface area (Å²) in [7, 11) is 0. The number of rotatable bonds is 3. The minimum Gasteiger partial charge on any atom is -0.379 e. The van der Waals surface area contributed by atoms with Gasteiger partial charge in [-0.3, -0.25) is 0 Å². The zero-order chi connectivity index (χ0) is 13.4. The zero-order valence-corrected chi connectivity index (χ0v) is 12.2. The average molecular weight is 247 g/mol. The van der Waals surface area contributed by atoms with E-state index >= 15 is 0 Å². The molecule has 0 amide bonds. The maximum absolute atomic E-state index is 6.13. The highest BCUT2D eigenvalue weighted by molar-refractivity contribution is 5.52. The number of hydrogen-bond acceptors (Lipinski definition) is 2. The van der Waals surface area contributed by atoms with Crippen molar-refractivity contribution in [2.45, 2.75) is 64.7 Å². The van der Waals surface area contributed by atoms with E-state index in [-0.39, 0.29) is 11.2 Å². The van der Waals surface area contributed by atoms with Crippen LogP contribution in [-0.4, -0.2) is 17.2 Å². The highest BCUT2D eigenvalue weighted by Crippen LogP contribution is 2.39. The van der Waals surface area contributed by atoms with Crippen LogP contribution in [0.5, 0.6) is 0 Å². The van der Waals surface area contributed by atoms with Crippen molar-refractivity contribution in [3.8, 4) is 0 Å². The van der Waals surface area contributed by atoms with E-state index in [9.17, 15) is 0 Å². The molecule has 1 unspecified atom stereocenters. The lowest BCUT2D eigenvalue weighted by atomic mass is 9.94. The minimum atomic E-state index is -0.121. The summed E-state index contributed by atoms with van der Waals surface area (Å²) in [5.74, 6) is 0. The van der Waals surface area contributed by atoms with Crippen LogP contribution >= 0.6 is 0 Å². The van der Waals surface area contributed by atoms with E-state index in [1.807, 2.05) is 0 Å². The molecule has 1 saturated heterocycles. The van der Waals surface area contributed by atoms with Crippen molar-refractivity contribution in [1.29, 1.82) is 0 Å². The maximum atomic E-state index is 6.13. The van der Waals surface area contributed by atoms with Crippen LogP contribution in [0.1, 0.15) is 46.6 Å². The first-order valence-electron chi connectivity index (χ1n) is 6.89. The molecule has 0 bridgehead atoms. The molecule has 0 aromatic heterocycles. The normalized spacial score (nSPS) is 25.1. The molecule has 1 fully saturated rings. The van der Waals surface area contributed by atoms with Crippen LogP contribution in [0.25, 0.3) is 0 Å². The van der Waals surface area contributed by atoms with Gasteiger partial charge in [-0.2, -0.15) is 0 Å². The summed E-state index contributed by atoms with van der Waals surface area (Å²) in [5, 5.41) is 3.68. The molecular formula is C16H25NO. The summed E-state index contributed by atoms with van der Waals surface area (Å²) in [6.45, 7) is 10.9. The second-order valence-electron chi connectivity index (χ2n) is 6.38. The molecule has 1 aromatic rings. The second-order valence-corrected chi connectivity index (χ2v) is 6.38. The number of nitrogens with one attached hydrogen (secondary N) is 1. The van der Waals surface area contributed by atoms with Crippen molar-refractivity contribution < 1.29 is 4.74 Å². The number of para-hydroxylation sites is 1. The lowest BCUT2D eigenvalue weighted by molar-refractivity contribution is -0.0662. The van der Waals surface area contributed by atoms with E-state index in [0.29, 0.717) is 6.04 Å². The molecule has 1 aliphatic rings. The lowest BCUT2D eigenvalue weighted by Gasteiger charge is -2.29. The predicted octanol–water partition coefficient (Wildman–Crippen LogP) is 4.01. The Bertz CT molecular complexity index is 423. The molecule has 1 heterocycles. The number of hydrogen-bond donors (Lipinski definition) is 1. The summed E-state index contributed by atoms with van der Waals surface area (Å²) < 4.78 is 6.13. The largest absolute Gasteiger partial charge is 0.379 e. The van der Waals surface area contributed by atoms with Crippen molar-refractivity contribution in [2.75, 3.05) is 5.32 Å². The Balaban J connectivity index is 2.19. The Morgan fingerprint density at radius 2 is 1.89 bits per heavy atom. The molecule has 0 radical (unpaired) electrons. The molecule has 1 aromatic carbocycles. The minimum absolute atomic E-state index is 0.0394. The quantitative estimate of drug-likeness (QED) is 0.871. The predicted molar refractivity (Wildman–Crippen MR) is 77.1 cm³/mol. The van der Waals surface area contributed by atoms with Gasteiger partial charge in [0.1, 0.15) is 0 Å². The number of aryl methyl sites for hydroxylation is 1. The average Bonchev–Trinajstić information content (AvgIpc) is 2.47. The van der Waals surface area contributed by atoms with Crippen molar-refractivity contribution in [1.82, 2.24) is 0 Å². The van der Waals surface area contributed by atoms with Gasteiger partial charge < -0.3 is 10.1 Å². The van der Waals surface area contributed by atoms with Gasteiger partial charge in [0, 0.05) is 5.69 Å². The van der Waals surface area contributed by atoms with Gasteiger partial charge in [0.2, 0.25) is 0 Å². The summed E-state index contributed by atoms with van der Waals surface area (Å²) in [6, 6.07) is 8.91. The fourth-order valence-electron chi connectivity index (χ4n) is 2.94. The summed E-state index contributed by atoms with van der Waals surface area (Å²) in [6.07, 6.45) is 2.10. The van der Waals surface area contributed by atoms with Crippen LogP contribution in [0.4, 0.5) is 5.69 Å². The van der Waals surface area contributed by atoms with Gasteiger partial charge in [0.05, 0.1) is 17.2 Å². The Labute approximate surface area is 111 Å². The Hall–Kier alpha value is -1.02. The van der Waals surface area contributed by atoms with Crippen LogP contribution in [0, 0.1) is 0 Å². The molecule has 0 aliphatic carbocycles. The van der Waals surface area contributed by atoms with Crippen LogP contribution in [0.2, 0.25) is 0 Å². The van der Waals surface area contributed by atoms with Crippen LogP contribution in [0.3, 0.4) is 0 Å². The molecule has 1 atom stereocenters. The molecular weight excluding hydrogens is 222 g/mol. The zero-order valence-electron chi connectivity index (χ0n) is 12.2. The molecule has 0 spiro atoms. The van der Waals surface area contributed by atoms with E-state index < -0.39 is 0 Å². The standard InChI is InChI=1S/C16H25NO/c1-6-12-9-7-8-10-13(12)17-14-11-15(2,3)18-16(14,4)5/h7-10,14,17H,6,11H2,1-5H3. The Morgan fingerprint density at radius 3 is 2.44 bits per heavy atom. The van der Waals surface area contributed by atoms with Crippen LogP contribution < -0.4 is 5.32 Å². The highest BCUT2D eigenvalue weighted by atomic mass is 16.5. The van der Waals surface area contributed by atoms with Crippen molar-refractivity contribution in [2.24, 2.45) is 0 Å². The second kappa shape index (κ2) is 4.58. The molecule has 2 heteroatoms. The SMILES string of the molecule is CCc1ccccc1NC1CC(C)(C)OC1(C)C. The molecule has 2 rings (SSSR count). The molecule has 1 aliphatic heterocycles. The Kier molecular flexibility index (Phi) is 3.41. The van der Waals surface area contributed by atoms with Crippen LogP contribution in [-0.2, 0) is 11.2 Å². The maximum Gasteiger partial charge on any atom is 0.0834 e. The highest BCUT2D eigenvalue weighted by Gasteiger charge is 2.45. The van der Waals surface area contributed by atoms with Gasteiger partial charge in [0.25, 0.3) is 0 Å². The lowest BCUT2D eigenvalue weighted by Crippen LogP contribution is -2.38.